The summed E-state index contributed by atoms with van der Waals surface area (Å²) < 4.78 is 36.3. The molecule has 284 valence electrons. The highest BCUT2D eigenvalue weighted by Gasteiger charge is 2.12. The van der Waals surface area contributed by atoms with Gasteiger partial charge in [-0.1, -0.05) is 70.1 Å². The van der Waals surface area contributed by atoms with Crippen molar-refractivity contribution < 1.29 is 22.1 Å². The summed E-state index contributed by atoms with van der Waals surface area (Å²) in [6, 6.07) is 12.9. The zero-order valence-corrected chi connectivity index (χ0v) is 33.6. The highest BCUT2D eigenvalue weighted by Crippen LogP contribution is 2.26. The van der Waals surface area contributed by atoms with Crippen LogP contribution in [0.3, 0.4) is 0 Å². The average molecular weight is 731 g/mol. The predicted molar refractivity (Wildman–Crippen MR) is 213 cm³/mol. The number of pyridine rings is 2. The topological polar surface area (TPSA) is 94.0 Å². The molecule has 0 fully saturated rings. The number of benzene rings is 1. The van der Waals surface area contributed by atoms with Gasteiger partial charge >= 0.3 is 0 Å². The molecule has 3 aromatic heterocycles. The van der Waals surface area contributed by atoms with E-state index >= 15 is 0 Å². The second kappa shape index (κ2) is 23.1. The normalized spacial score (nSPS) is 11.3. The number of aromatic nitrogens is 4. The van der Waals surface area contributed by atoms with Crippen molar-refractivity contribution in [1.29, 1.82) is 0 Å². The first-order valence-electron chi connectivity index (χ1n) is 19.6. The molecule has 4 rings (SSSR count). The Morgan fingerprint density at radius 1 is 0.635 bits per heavy atom. The van der Waals surface area contributed by atoms with Crippen molar-refractivity contribution in [3.63, 3.8) is 0 Å². The molecule has 0 aliphatic heterocycles. The van der Waals surface area contributed by atoms with Crippen LogP contribution in [0.1, 0.15) is 115 Å². The lowest BCUT2D eigenvalue weighted by atomic mass is 10.0. The van der Waals surface area contributed by atoms with Crippen LogP contribution < -0.4 is 14.0 Å². The maximum absolute atomic E-state index is 10.6. The van der Waals surface area contributed by atoms with Crippen molar-refractivity contribution in [2.45, 2.75) is 132 Å². The third-order valence-electron chi connectivity index (χ3n) is 9.47. The molecule has 1 aromatic carbocycles. The van der Waals surface area contributed by atoms with E-state index in [-0.39, 0.29) is 5.75 Å². The first-order valence-corrected chi connectivity index (χ1v) is 21.2. The van der Waals surface area contributed by atoms with Crippen molar-refractivity contribution in [3.8, 4) is 22.5 Å². The van der Waals surface area contributed by atoms with E-state index < -0.39 is 10.1 Å². The van der Waals surface area contributed by atoms with E-state index in [1.165, 1.54) is 86.6 Å². The second-order valence-corrected chi connectivity index (χ2v) is 15.6. The largest absolute Gasteiger partial charge is 0.748 e. The number of rotatable bonds is 21. The molecule has 9 heteroatoms. The summed E-state index contributed by atoms with van der Waals surface area (Å²) in [5.41, 5.74) is 8.23. The summed E-state index contributed by atoms with van der Waals surface area (Å²) in [5.74, 6) is 0.512. The van der Waals surface area contributed by atoms with Gasteiger partial charge in [0.2, 0.25) is 0 Å². The van der Waals surface area contributed by atoms with Crippen LogP contribution in [0.15, 0.2) is 73.6 Å². The number of hydrogen-bond acceptors (Lipinski definition) is 6. The van der Waals surface area contributed by atoms with Gasteiger partial charge in [-0.25, -0.2) is 27.5 Å². The van der Waals surface area contributed by atoms with Gasteiger partial charge < -0.3 is 9.45 Å². The van der Waals surface area contributed by atoms with Gasteiger partial charge in [-0.15, -0.1) is 0 Å². The van der Waals surface area contributed by atoms with E-state index in [1.54, 1.807) is 0 Å². The van der Waals surface area contributed by atoms with Gasteiger partial charge in [0.05, 0.1) is 10.1 Å². The summed E-state index contributed by atoms with van der Waals surface area (Å²) >= 11 is 0. The smallest absolute Gasteiger partial charge is 0.169 e. The third kappa shape index (κ3) is 15.5. The zero-order chi connectivity index (χ0) is 37.8. The van der Waals surface area contributed by atoms with Crippen molar-refractivity contribution in [3.05, 3.63) is 90.3 Å². The summed E-state index contributed by atoms with van der Waals surface area (Å²) in [7, 11) is -4.08. The number of anilines is 1. The molecule has 0 spiro atoms. The van der Waals surface area contributed by atoms with Gasteiger partial charge in [0.15, 0.2) is 30.6 Å². The minimum atomic E-state index is -4.08. The molecule has 3 heterocycles. The van der Waals surface area contributed by atoms with Crippen LogP contribution in [-0.2, 0) is 23.2 Å². The van der Waals surface area contributed by atoms with Gasteiger partial charge in [0, 0.05) is 85.2 Å². The Kier molecular flexibility index (Phi) is 19.0. The monoisotopic (exact) mass is 730 g/mol. The van der Waals surface area contributed by atoms with Crippen molar-refractivity contribution >= 4 is 15.8 Å². The molecule has 0 radical (unpaired) electrons. The summed E-state index contributed by atoms with van der Waals surface area (Å²) in [4.78, 5) is 11.5. The van der Waals surface area contributed by atoms with Gasteiger partial charge in [0.1, 0.15) is 13.1 Å². The molecule has 52 heavy (non-hydrogen) atoms. The summed E-state index contributed by atoms with van der Waals surface area (Å²) in [5, 5.41) is 0. The number of unbranched alkanes of at least 4 members (excludes halogenated alkanes) is 9. The Morgan fingerprint density at radius 3 is 1.58 bits per heavy atom. The van der Waals surface area contributed by atoms with E-state index in [2.05, 4.69) is 127 Å². The quantitative estimate of drug-likeness (QED) is 0.0483. The van der Waals surface area contributed by atoms with Crippen molar-refractivity contribution in [2.24, 2.45) is 0 Å². The van der Waals surface area contributed by atoms with Crippen LogP contribution in [0, 0.1) is 20.8 Å². The van der Waals surface area contributed by atoms with E-state index in [1.807, 2.05) is 12.4 Å². The van der Waals surface area contributed by atoms with Crippen LogP contribution in [0.5, 0.6) is 0 Å². The minimum absolute atomic E-state index is 0.267. The lowest BCUT2D eigenvalue weighted by molar-refractivity contribution is -0.697. The Labute approximate surface area is 315 Å². The molecule has 8 nitrogen and oxygen atoms in total. The van der Waals surface area contributed by atoms with Gasteiger partial charge in [-0.05, 0) is 70.1 Å². The van der Waals surface area contributed by atoms with Crippen molar-refractivity contribution in [2.75, 3.05) is 23.7 Å². The lowest BCUT2D eigenvalue weighted by Gasteiger charge is -2.27. The fraction of sp³-hybridized carbons (Fsp3) is 0.535. The number of hydrogen-bond donors (Lipinski definition) is 0. The molecule has 0 N–H and O–H groups in total. The van der Waals surface area contributed by atoms with Crippen LogP contribution in [0.25, 0.3) is 22.5 Å². The van der Waals surface area contributed by atoms with Gasteiger partial charge in [-0.3, -0.25) is 0 Å². The van der Waals surface area contributed by atoms with Crippen LogP contribution >= 0.6 is 0 Å². The van der Waals surface area contributed by atoms with Gasteiger partial charge in [0.25, 0.3) is 0 Å². The molecule has 0 atom stereocenters. The molecule has 0 aliphatic rings. The van der Waals surface area contributed by atoms with Gasteiger partial charge in [-0.2, -0.15) is 0 Å². The second-order valence-electron chi connectivity index (χ2n) is 14.1. The molecule has 4 aromatic rings. The van der Waals surface area contributed by atoms with E-state index in [4.69, 9.17) is 0 Å². The highest BCUT2D eigenvalue weighted by atomic mass is 32.2. The van der Waals surface area contributed by atoms with E-state index in [0.29, 0.717) is 12.8 Å². The molecular formula is C43H64N5O3S+. The maximum atomic E-state index is 10.6. The predicted octanol–water partition coefficient (Wildman–Crippen LogP) is 9.09. The molecule has 0 bridgehead atoms. The molecule has 0 aliphatic carbocycles. The Morgan fingerprint density at radius 2 is 1.12 bits per heavy atom. The molecule has 0 saturated carbocycles. The standard InChI is InChI=1S/C28H40N4.C15H25NO3S/c1-3-5-7-9-11-17-31-19-13-25(14-20-31)27-23-29-28(30-24-27)26-15-21-32(22-16-26)18-12-10-8-6-4-2;1-5-16(8-6-7-9-20(17,18)19)15-13(3)10-12(2)11-14(15)4/h13-16,19-24H,3-12,17-18H2,1-2H3;10-11H,5-9H2,1-4H3,(H,17,18,19)/q+2;/p-1. The Bertz CT molecular complexity index is 1590. The van der Waals surface area contributed by atoms with Crippen LogP contribution in [0.2, 0.25) is 0 Å². The third-order valence-corrected chi connectivity index (χ3v) is 10.3. The molecule has 0 unspecified atom stereocenters. The number of aryl methyl sites for hydroxylation is 5. The minimum Gasteiger partial charge on any atom is -0.748 e. The van der Waals surface area contributed by atoms with Crippen molar-refractivity contribution in [1.82, 2.24) is 9.97 Å². The molecular weight excluding hydrogens is 667 g/mol. The van der Waals surface area contributed by atoms with E-state index in [0.717, 1.165) is 48.7 Å². The van der Waals surface area contributed by atoms with E-state index in [9.17, 15) is 13.0 Å². The first-order chi connectivity index (χ1) is 25.0. The fourth-order valence-corrected chi connectivity index (χ4v) is 7.21. The Balaban J connectivity index is 0.000000314. The SMILES string of the molecule is CCCCCCC[n+]1ccc(-c2cnc(-c3cc[n+](CCCCCCC)cc3)nc2)cc1.CCN(CCCCS(=O)(=O)[O-])c1c(C)cc(C)cc1C. The molecule has 0 amide bonds. The maximum Gasteiger partial charge on any atom is 0.169 e. The van der Waals surface area contributed by atoms with Crippen LogP contribution in [0.4, 0.5) is 5.69 Å². The molecule has 0 saturated heterocycles. The number of nitrogens with zero attached hydrogens (tertiary/aromatic N) is 5. The zero-order valence-electron chi connectivity index (χ0n) is 32.8. The lowest BCUT2D eigenvalue weighted by Crippen LogP contribution is -2.32. The summed E-state index contributed by atoms with van der Waals surface area (Å²) in [6.07, 6.45) is 26.7. The average Bonchev–Trinajstić information content (AvgIpc) is 3.12. The summed E-state index contributed by atoms with van der Waals surface area (Å²) in [6.45, 7) is 16.7. The van der Waals surface area contributed by atoms with Crippen LogP contribution in [-0.4, -0.2) is 41.8 Å². The first kappa shape index (κ1) is 42.7. The fourth-order valence-electron chi connectivity index (χ4n) is 6.66. The Hall–Kier alpha value is -3.69. The highest BCUT2D eigenvalue weighted by molar-refractivity contribution is 7.85.